The van der Waals surface area contributed by atoms with Crippen molar-refractivity contribution in [1.82, 2.24) is 25.1 Å². The zero-order valence-corrected chi connectivity index (χ0v) is 19.5. The van der Waals surface area contributed by atoms with Crippen LogP contribution in [0.3, 0.4) is 0 Å². The van der Waals surface area contributed by atoms with Crippen molar-refractivity contribution < 1.29 is 4.39 Å². The number of aromatic amines is 1. The second kappa shape index (κ2) is 8.72. The van der Waals surface area contributed by atoms with Crippen LogP contribution in [-0.2, 0) is 0 Å². The lowest BCUT2D eigenvalue weighted by Gasteiger charge is -2.31. The van der Waals surface area contributed by atoms with Gasteiger partial charge in [-0.3, -0.25) is 15.0 Å². The fraction of sp³-hybridized carbons (Fsp3) is 0.320. The molecular formula is C25H26ClFN6. The Hall–Kier alpha value is -3.03. The molecular weight excluding hydrogens is 439 g/mol. The van der Waals surface area contributed by atoms with Crippen LogP contribution >= 0.6 is 11.6 Å². The van der Waals surface area contributed by atoms with Crippen LogP contribution in [0.2, 0.25) is 5.02 Å². The quantitative estimate of drug-likeness (QED) is 0.379. The first-order valence-electron chi connectivity index (χ1n) is 11.2. The largest absolute Gasteiger partial charge is 0.382 e. The summed E-state index contributed by atoms with van der Waals surface area (Å²) in [7, 11) is 0. The number of likely N-dealkylation sites (tertiary alicyclic amines) is 1. The molecule has 0 unspecified atom stereocenters. The van der Waals surface area contributed by atoms with E-state index < -0.39 is 0 Å². The second-order valence-electron chi connectivity index (χ2n) is 9.07. The molecule has 0 amide bonds. The Morgan fingerprint density at radius 3 is 2.82 bits per heavy atom. The zero-order valence-electron chi connectivity index (χ0n) is 18.7. The first-order chi connectivity index (χ1) is 15.9. The van der Waals surface area contributed by atoms with Crippen LogP contribution in [0.4, 0.5) is 10.1 Å². The summed E-state index contributed by atoms with van der Waals surface area (Å²) in [6.45, 7) is 7.60. The molecule has 33 heavy (non-hydrogen) atoms. The fourth-order valence-electron chi connectivity index (χ4n) is 4.54. The molecule has 4 heterocycles. The molecule has 0 atom stereocenters. The Balaban J connectivity index is 1.39. The molecule has 1 fully saturated rings. The van der Waals surface area contributed by atoms with Crippen molar-refractivity contribution in [2.75, 3.05) is 25.0 Å². The minimum Gasteiger partial charge on any atom is -0.382 e. The number of hydrogen-bond donors (Lipinski definition) is 2. The predicted molar refractivity (Wildman–Crippen MR) is 131 cm³/mol. The average molecular weight is 465 g/mol. The van der Waals surface area contributed by atoms with Crippen LogP contribution in [0.1, 0.15) is 26.7 Å². The van der Waals surface area contributed by atoms with Gasteiger partial charge in [0.2, 0.25) is 0 Å². The van der Waals surface area contributed by atoms with Crippen molar-refractivity contribution in [2.24, 2.45) is 0 Å². The van der Waals surface area contributed by atoms with E-state index in [0.29, 0.717) is 27.5 Å². The lowest BCUT2D eigenvalue weighted by atomic mass is 10.0. The average Bonchev–Trinajstić information content (AvgIpc) is 3.41. The first-order valence-corrected chi connectivity index (χ1v) is 11.5. The molecule has 8 heteroatoms. The van der Waals surface area contributed by atoms with Gasteiger partial charge in [-0.1, -0.05) is 11.6 Å². The summed E-state index contributed by atoms with van der Waals surface area (Å²) in [5.41, 5.74) is 5.03. The number of anilines is 1. The van der Waals surface area contributed by atoms with E-state index in [4.69, 9.17) is 16.6 Å². The molecule has 5 rings (SSSR count). The van der Waals surface area contributed by atoms with E-state index in [9.17, 15) is 4.39 Å². The van der Waals surface area contributed by atoms with E-state index in [1.165, 1.54) is 25.0 Å². The zero-order chi connectivity index (χ0) is 23.0. The summed E-state index contributed by atoms with van der Waals surface area (Å²) in [5.74, 6) is -0.375. The van der Waals surface area contributed by atoms with Gasteiger partial charge in [-0.2, -0.15) is 5.10 Å². The van der Waals surface area contributed by atoms with Gasteiger partial charge in [0.05, 0.1) is 40.5 Å². The molecule has 1 saturated heterocycles. The Morgan fingerprint density at radius 1 is 1.12 bits per heavy atom. The number of rotatable bonds is 6. The number of pyridine rings is 2. The Kier molecular flexibility index (Phi) is 5.76. The van der Waals surface area contributed by atoms with Crippen molar-refractivity contribution in [3.05, 3.63) is 59.6 Å². The summed E-state index contributed by atoms with van der Waals surface area (Å²) in [6, 6.07) is 10.2. The predicted octanol–water partition coefficient (Wildman–Crippen LogP) is 5.77. The third-order valence-electron chi connectivity index (χ3n) is 6.43. The number of hydrogen-bond acceptors (Lipinski definition) is 5. The number of fused-ring (bicyclic) bond motifs is 1. The first kappa shape index (κ1) is 21.8. The standard InChI is InChI=1S/C25H26ClFN6/c1-25(2)8-3-10-33(25)11-9-28-17-13-23-22(29-14-17)7-6-21(31-23)19-15-30-32-24(19)18-12-16(26)4-5-20(18)27/h4-7,12-15,28H,3,8-11H2,1-2H3,(H,30,32). The van der Waals surface area contributed by atoms with Gasteiger partial charge in [0.1, 0.15) is 5.82 Å². The molecule has 1 aromatic carbocycles. The SMILES string of the molecule is CC1(C)CCCN1CCNc1cnc2ccc(-c3cn[nH]c3-c3cc(Cl)ccc3F)nc2c1. The van der Waals surface area contributed by atoms with Crippen molar-refractivity contribution in [2.45, 2.75) is 32.2 Å². The molecule has 0 bridgehead atoms. The summed E-state index contributed by atoms with van der Waals surface area (Å²) in [5, 5.41) is 10.9. The van der Waals surface area contributed by atoms with Gasteiger partial charge >= 0.3 is 0 Å². The molecule has 0 saturated carbocycles. The van der Waals surface area contributed by atoms with Crippen LogP contribution < -0.4 is 5.32 Å². The molecule has 4 aromatic rings. The molecule has 0 spiro atoms. The van der Waals surface area contributed by atoms with Crippen LogP contribution in [0.5, 0.6) is 0 Å². The highest BCUT2D eigenvalue weighted by Gasteiger charge is 2.30. The smallest absolute Gasteiger partial charge is 0.132 e. The Bertz CT molecular complexity index is 1300. The molecule has 0 aliphatic carbocycles. The number of aromatic nitrogens is 4. The third kappa shape index (κ3) is 4.43. The maximum absolute atomic E-state index is 14.5. The number of halogens is 2. The van der Waals surface area contributed by atoms with E-state index in [1.807, 2.05) is 24.4 Å². The topological polar surface area (TPSA) is 69.7 Å². The van der Waals surface area contributed by atoms with Gasteiger partial charge in [0, 0.05) is 34.8 Å². The Morgan fingerprint density at radius 2 is 2.00 bits per heavy atom. The summed E-state index contributed by atoms with van der Waals surface area (Å²) in [4.78, 5) is 11.9. The Labute approximate surface area is 197 Å². The number of H-pyrrole nitrogens is 1. The van der Waals surface area contributed by atoms with E-state index in [0.717, 1.165) is 36.4 Å². The van der Waals surface area contributed by atoms with Crippen LogP contribution in [0.25, 0.3) is 33.5 Å². The van der Waals surface area contributed by atoms with E-state index in [1.54, 1.807) is 12.3 Å². The van der Waals surface area contributed by atoms with Gasteiger partial charge in [-0.25, -0.2) is 9.37 Å². The second-order valence-corrected chi connectivity index (χ2v) is 9.51. The fourth-order valence-corrected chi connectivity index (χ4v) is 4.71. The molecule has 1 aliphatic heterocycles. The van der Waals surface area contributed by atoms with Gasteiger partial charge in [0.15, 0.2) is 0 Å². The minimum absolute atomic E-state index is 0.268. The van der Waals surface area contributed by atoms with Gasteiger partial charge < -0.3 is 5.32 Å². The van der Waals surface area contributed by atoms with Crippen molar-refractivity contribution in [3.8, 4) is 22.5 Å². The van der Waals surface area contributed by atoms with Crippen LogP contribution in [0, 0.1) is 5.82 Å². The van der Waals surface area contributed by atoms with Crippen molar-refractivity contribution in [3.63, 3.8) is 0 Å². The lowest BCUT2D eigenvalue weighted by molar-refractivity contribution is 0.182. The third-order valence-corrected chi connectivity index (χ3v) is 6.67. The van der Waals surface area contributed by atoms with Crippen molar-refractivity contribution in [1.29, 1.82) is 0 Å². The molecule has 1 aliphatic rings. The molecule has 3 aromatic heterocycles. The summed E-state index contributed by atoms with van der Waals surface area (Å²) < 4.78 is 14.5. The molecule has 6 nitrogen and oxygen atoms in total. The highest BCUT2D eigenvalue weighted by Crippen LogP contribution is 2.33. The maximum Gasteiger partial charge on any atom is 0.132 e. The molecule has 170 valence electrons. The van der Waals surface area contributed by atoms with Gasteiger partial charge in [-0.15, -0.1) is 0 Å². The van der Waals surface area contributed by atoms with Gasteiger partial charge in [-0.05, 0) is 69.6 Å². The van der Waals surface area contributed by atoms with Crippen molar-refractivity contribution >= 4 is 28.3 Å². The number of nitrogens with one attached hydrogen (secondary N) is 2. The van der Waals surface area contributed by atoms with Crippen LogP contribution in [0.15, 0.2) is 48.8 Å². The summed E-state index contributed by atoms with van der Waals surface area (Å²) in [6.07, 6.45) is 5.99. The number of benzene rings is 1. The van der Waals surface area contributed by atoms with E-state index in [2.05, 4.69) is 39.2 Å². The molecule has 0 radical (unpaired) electrons. The highest BCUT2D eigenvalue weighted by atomic mass is 35.5. The lowest BCUT2D eigenvalue weighted by Crippen LogP contribution is -2.40. The highest BCUT2D eigenvalue weighted by molar-refractivity contribution is 6.30. The monoisotopic (exact) mass is 464 g/mol. The minimum atomic E-state index is -0.375. The van der Waals surface area contributed by atoms with E-state index in [-0.39, 0.29) is 11.4 Å². The number of nitrogens with zero attached hydrogens (tertiary/aromatic N) is 4. The van der Waals surface area contributed by atoms with Crippen LogP contribution in [-0.4, -0.2) is 50.2 Å². The van der Waals surface area contributed by atoms with E-state index >= 15 is 0 Å². The van der Waals surface area contributed by atoms with Gasteiger partial charge in [0.25, 0.3) is 0 Å². The molecule has 2 N–H and O–H groups in total. The normalized spacial score (nSPS) is 15.9. The summed E-state index contributed by atoms with van der Waals surface area (Å²) >= 11 is 6.09. The maximum atomic E-state index is 14.5.